The second kappa shape index (κ2) is 9.63. The Morgan fingerprint density at radius 2 is 1.82 bits per heavy atom. The lowest BCUT2D eigenvalue weighted by Crippen LogP contribution is -2.32. The van der Waals surface area contributed by atoms with Crippen LogP contribution in [0.2, 0.25) is 0 Å². The van der Waals surface area contributed by atoms with Gasteiger partial charge in [-0.2, -0.15) is 0 Å². The summed E-state index contributed by atoms with van der Waals surface area (Å²) in [5, 5.41) is 3.04. The summed E-state index contributed by atoms with van der Waals surface area (Å²) in [6.07, 6.45) is 2.00. The van der Waals surface area contributed by atoms with Gasteiger partial charge in [0.25, 0.3) is 5.91 Å². The molecule has 1 amide bonds. The highest BCUT2D eigenvalue weighted by molar-refractivity contribution is 5.94. The second-order valence-corrected chi connectivity index (χ2v) is 8.22. The van der Waals surface area contributed by atoms with Crippen molar-refractivity contribution in [1.82, 2.24) is 5.32 Å². The molecule has 2 rings (SSSR count). The SMILES string of the molecule is CCC[C@@H](C)NC(=O)c1ccc(OC)c(COc2ccccc2C(C)(C)C)c1. The van der Waals surface area contributed by atoms with Gasteiger partial charge in [0.2, 0.25) is 0 Å². The maximum atomic E-state index is 12.5. The normalized spacial score (nSPS) is 12.4. The molecule has 0 heterocycles. The van der Waals surface area contributed by atoms with Gasteiger partial charge in [-0.15, -0.1) is 0 Å². The fourth-order valence-electron chi connectivity index (χ4n) is 3.21. The first-order chi connectivity index (χ1) is 13.3. The summed E-state index contributed by atoms with van der Waals surface area (Å²) in [4.78, 5) is 12.5. The summed E-state index contributed by atoms with van der Waals surface area (Å²) >= 11 is 0. The molecule has 0 aliphatic rings. The lowest BCUT2D eigenvalue weighted by molar-refractivity contribution is 0.0938. The highest BCUT2D eigenvalue weighted by Crippen LogP contribution is 2.32. The Labute approximate surface area is 169 Å². The van der Waals surface area contributed by atoms with Gasteiger partial charge in [0.15, 0.2) is 0 Å². The van der Waals surface area contributed by atoms with Crippen molar-refractivity contribution < 1.29 is 14.3 Å². The third-order valence-electron chi connectivity index (χ3n) is 4.72. The van der Waals surface area contributed by atoms with Crippen LogP contribution in [0.25, 0.3) is 0 Å². The topological polar surface area (TPSA) is 47.6 Å². The summed E-state index contributed by atoms with van der Waals surface area (Å²) in [5.74, 6) is 1.50. The van der Waals surface area contributed by atoms with Gasteiger partial charge in [0, 0.05) is 17.2 Å². The van der Waals surface area contributed by atoms with Gasteiger partial charge in [0.05, 0.1) is 7.11 Å². The number of carbonyl (C=O) groups excluding carboxylic acids is 1. The predicted octanol–water partition coefficient (Wildman–Crippen LogP) is 5.49. The predicted molar refractivity (Wildman–Crippen MR) is 114 cm³/mol. The van der Waals surface area contributed by atoms with Crippen LogP contribution >= 0.6 is 0 Å². The lowest BCUT2D eigenvalue weighted by atomic mass is 9.86. The Bertz CT molecular complexity index is 793. The Morgan fingerprint density at radius 3 is 2.46 bits per heavy atom. The Kier molecular flexibility index (Phi) is 7.50. The van der Waals surface area contributed by atoms with Crippen molar-refractivity contribution in [3.8, 4) is 11.5 Å². The lowest BCUT2D eigenvalue weighted by Gasteiger charge is -2.23. The minimum absolute atomic E-state index is 0.0160. The molecule has 1 atom stereocenters. The number of benzene rings is 2. The van der Waals surface area contributed by atoms with Gasteiger partial charge >= 0.3 is 0 Å². The summed E-state index contributed by atoms with van der Waals surface area (Å²) in [6.45, 7) is 11.0. The van der Waals surface area contributed by atoms with Gasteiger partial charge in [-0.25, -0.2) is 0 Å². The number of nitrogens with one attached hydrogen (secondary N) is 1. The third kappa shape index (κ3) is 5.75. The van der Waals surface area contributed by atoms with Crippen LogP contribution in [-0.4, -0.2) is 19.1 Å². The Balaban J connectivity index is 2.20. The van der Waals surface area contributed by atoms with Gasteiger partial charge in [-0.3, -0.25) is 4.79 Å². The van der Waals surface area contributed by atoms with Gasteiger partial charge in [-0.05, 0) is 48.6 Å². The van der Waals surface area contributed by atoms with Crippen LogP contribution in [0, 0.1) is 0 Å². The molecule has 0 bridgehead atoms. The summed E-state index contributed by atoms with van der Waals surface area (Å²) in [5.41, 5.74) is 2.60. The van der Waals surface area contributed by atoms with E-state index in [0.29, 0.717) is 17.9 Å². The molecule has 0 fully saturated rings. The largest absolute Gasteiger partial charge is 0.496 e. The minimum Gasteiger partial charge on any atom is -0.496 e. The number of rotatable bonds is 8. The van der Waals surface area contributed by atoms with E-state index in [1.165, 1.54) is 0 Å². The van der Waals surface area contributed by atoms with Crippen molar-refractivity contribution >= 4 is 5.91 Å². The molecule has 2 aromatic carbocycles. The molecule has 28 heavy (non-hydrogen) atoms. The van der Waals surface area contributed by atoms with Crippen LogP contribution in [0.4, 0.5) is 0 Å². The second-order valence-electron chi connectivity index (χ2n) is 8.22. The van der Waals surface area contributed by atoms with Crippen molar-refractivity contribution in [1.29, 1.82) is 0 Å². The fraction of sp³-hybridized carbons (Fsp3) is 0.458. The Morgan fingerprint density at radius 1 is 1.11 bits per heavy atom. The molecule has 152 valence electrons. The average molecular weight is 384 g/mol. The quantitative estimate of drug-likeness (QED) is 0.656. The van der Waals surface area contributed by atoms with Crippen LogP contribution in [0.3, 0.4) is 0 Å². The zero-order chi connectivity index (χ0) is 20.7. The minimum atomic E-state index is -0.0695. The van der Waals surface area contributed by atoms with Crippen LogP contribution in [0.1, 0.15) is 68.9 Å². The molecule has 0 saturated heterocycles. The molecule has 0 spiro atoms. The van der Waals surface area contributed by atoms with E-state index >= 15 is 0 Å². The Hall–Kier alpha value is -2.49. The van der Waals surface area contributed by atoms with E-state index in [1.807, 2.05) is 37.3 Å². The number of methoxy groups -OCH3 is 1. The van der Waals surface area contributed by atoms with Gasteiger partial charge in [-0.1, -0.05) is 52.3 Å². The molecule has 0 aromatic heterocycles. The molecule has 0 radical (unpaired) electrons. The first kappa shape index (κ1) is 21.8. The number of para-hydroxylation sites is 1. The van der Waals surface area contributed by atoms with E-state index in [1.54, 1.807) is 13.2 Å². The van der Waals surface area contributed by atoms with Crippen molar-refractivity contribution in [3.63, 3.8) is 0 Å². The van der Waals surface area contributed by atoms with E-state index in [4.69, 9.17) is 9.47 Å². The molecule has 0 aliphatic heterocycles. The molecular formula is C24H33NO3. The maximum Gasteiger partial charge on any atom is 0.251 e. The fourth-order valence-corrected chi connectivity index (χ4v) is 3.21. The van der Waals surface area contributed by atoms with Crippen LogP contribution in [-0.2, 0) is 12.0 Å². The maximum absolute atomic E-state index is 12.5. The smallest absolute Gasteiger partial charge is 0.251 e. The van der Waals surface area contributed by atoms with Crippen LogP contribution in [0.15, 0.2) is 42.5 Å². The zero-order valence-corrected chi connectivity index (χ0v) is 18.0. The summed E-state index contributed by atoms with van der Waals surface area (Å²) in [6, 6.07) is 13.7. The van der Waals surface area contributed by atoms with Gasteiger partial charge < -0.3 is 14.8 Å². The monoisotopic (exact) mass is 383 g/mol. The average Bonchev–Trinajstić information content (AvgIpc) is 2.65. The van der Waals surface area contributed by atoms with Gasteiger partial charge in [0.1, 0.15) is 18.1 Å². The van der Waals surface area contributed by atoms with Crippen LogP contribution < -0.4 is 14.8 Å². The third-order valence-corrected chi connectivity index (χ3v) is 4.72. The first-order valence-corrected chi connectivity index (χ1v) is 9.96. The van der Waals surface area contributed by atoms with E-state index in [2.05, 4.69) is 39.1 Å². The molecule has 2 aromatic rings. The number of hydrogen-bond acceptors (Lipinski definition) is 3. The molecule has 4 heteroatoms. The first-order valence-electron chi connectivity index (χ1n) is 9.96. The standard InChI is InChI=1S/C24H33NO3/c1-7-10-17(2)25-23(26)18-13-14-21(27-6)19(15-18)16-28-22-12-9-8-11-20(22)24(3,4)5/h8-9,11-15,17H,7,10,16H2,1-6H3,(H,25,26)/t17-/m1/s1. The highest BCUT2D eigenvalue weighted by atomic mass is 16.5. The summed E-state index contributed by atoms with van der Waals surface area (Å²) < 4.78 is 11.6. The molecule has 1 N–H and O–H groups in total. The highest BCUT2D eigenvalue weighted by Gasteiger charge is 2.19. The van der Waals surface area contributed by atoms with E-state index in [0.717, 1.165) is 29.7 Å². The molecule has 0 aliphatic carbocycles. The summed E-state index contributed by atoms with van der Waals surface area (Å²) in [7, 11) is 1.63. The van der Waals surface area contributed by atoms with E-state index < -0.39 is 0 Å². The van der Waals surface area contributed by atoms with Crippen molar-refractivity contribution in [2.75, 3.05) is 7.11 Å². The number of hydrogen-bond donors (Lipinski definition) is 1. The van der Waals surface area contributed by atoms with Crippen molar-refractivity contribution in [2.45, 2.75) is 65.5 Å². The zero-order valence-electron chi connectivity index (χ0n) is 18.0. The molecular weight excluding hydrogens is 350 g/mol. The molecule has 4 nitrogen and oxygen atoms in total. The number of carbonyl (C=O) groups is 1. The molecule has 0 unspecified atom stereocenters. The molecule has 0 saturated carbocycles. The number of amides is 1. The number of ether oxygens (including phenoxy) is 2. The van der Waals surface area contributed by atoms with E-state index in [9.17, 15) is 4.79 Å². The van der Waals surface area contributed by atoms with Crippen molar-refractivity contribution in [2.24, 2.45) is 0 Å². The van der Waals surface area contributed by atoms with Crippen molar-refractivity contribution in [3.05, 3.63) is 59.2 Å². The van der Waals surface area contributed by atoms with E-state index in [-0.39, 0.29) is 17.4 Å². The van der Waals surface area contributed by atoms with Crippen LogP contribution in [0.5, 0.6) is 11.5 Å².